The highest BCUT2D eigenvalue weighted by molar-refractivity contribution is 5.96. The van der Waals surface area contributed by atoms with Crippen molar-refractivity contribution in [3.05, 3.63) is 50.3 Å². The maximum atomic E-state index is 12.4. The largest absolute Gasteiger partial charge is 0.462 e. The van der Waals surface area contributed by atoms with Crippen LogP contribution in [0.15, 0.2) is 29.2 Å². The Hall–Kier alpha value is -2.70. The number of carbonyl (C=O) groups is 1. The molecule has 1 heterocycles. The molecule has 7 nitrogen and oxygen atoms in total. The third-order valence-electron chi connectivity index (χ3n) is 3.12. The van der Waals surface area contributed by atoms with Crippen molar-refractivity contribution in [2.45, 2.75) is 20.4 Å². The molecular formula is C14H14N2O5. The van der Waals surface area contributed by atoms with Crippen LogP contribution in [0, 0.1) is 10.1 Å². The highest BCUT2D eigenvalue weighted by Gasteiger charge is 2.22. The Morgan fingerprint density at radius 1 is 1.38 bits per heavy atom. The van der Waals surface area contributed by atoms with Gasteiger partial charge < -0.3 is 9.30 Å². The van der Waals surface area contributed by atoms with Gasteiger partial charge in [0.25, 0.3) is 5.69 Å². The number of benzene rings is 1. The minimum absolute atomic E-state index is 0.0742. The fraction of sp³-hybridized carbons (Fsp3) is 0.286. The third kappa shape index (κ3) is 2.49. The van der Waals surface area contributed by atoms with Crippen LogP contribution in [0.3, 0.4) is 0 Å². The molecule has 0 saturated carbocycles. The van der Waals surface area contributed by atoms with Crippen LogP contribution in [0.25, 0.3) is 10.9 Å². The number of rotatable bonds is 4. The van der Waals surface area contributed by atoms with Gasteiger partial charge in [0.1, 0.15) is 10.9 Å². The predicted octanol–water partition coefficient (Wildman–Crippen LogP) is 2.11. The van der Waals surface area contributed by atoms with E-state index in [-0.39, 0.29) is 23.2 Å². The van der Waals surface area contributed by atoms with Gasteiger partial charge in [0.2, 0.25) is 5.43 Å². The number of hydrogen-bond acceptors (Lipinski definition) is 5. The molecule has 1 aromatic heterocycles. The molecule has 2 rings (SSSR count). The quantitative estimate of drug-likeness (QED) is 0.488. The van der Waals surface area contributed by atoms with Crippen molar-refractivity contribution >= 4 is 22.6 Å². The normalized spacial score (nSPS) is 10.6. The Morgan fingerprint density at radius 2 is 2.10 bits per heavy atom. The number of ether oxygens (including phenoxy) is 1. The van der Waals surface area contributed by atoms with Gasteiger partial charge in [0, 0.05) is 18.8 Å². The number of hydrogen-bond donors (Lipinski definition) is 0. The maximum absolute atomic E-state index is 12.4. The number of non-ortho nitro benzene ring substituents is 1. The summed E-state index contributed by atoms with van der Waals surface area (Å²) < 4.78 is 6.46. The fourth-order valence-electron chi connectivity index (χ4n) is 2.19. The number of nitro benzene ring substituents is 1. The Bertz CT molecular complexity index is 779. The smallest absolute Gasteiger partial charge is 0.343 e. The first kappa shape index (κ1) is 14.7. The van der Waals surface area contributed by atoms with Crippen LogP contribution >= 0.6 is 0 Å². The standard InChI is InChI=1S/C14H14N2O5/c1-3-15-8-9(14(18)21-4-2)13(17)12-10(15)6-5-7-11(12)16(19)20/h5-8H,3-4H2,1-2H3. The maximum Gasteiger partial charge on any atom is 0.343 e. The van der Waals surface area contributed by atoms with Gasteiger partial charge in [-0.15, -0.1) is 0 Å². The lowest BCUT2D eigenvalue weighted by atomic mass is 10.1. The number of carbonyl (C=O) groups excluding carboxylic acids is 1. The van der Waals surface area contributed by atoms with Gasteiger partial charge in [-0.25, -0.2) is 4.79 Å². The molecule has 0 unspecified atom stereocenters. The van der Waals surface area contributed by atoms with Crippen LogP contribution in [0.5, 0.6) is 0 Å². The highest BCUT2D eigenvalue weighted by atomic mass is 16.6. The third-order valence-corrected chi connectivity index (χ3v) is 3.12. The molecule has 1 aromatic carbocycles. The molecule has 2 aromatic rings. The zero-order valence-corrected chi connectivity index (χ0v) is 11.7. The number of esters is 1. The molecule has 0 atom stereocenters. The number of aryl methyl sites for hydroxylation is 1. The van der Waals surface area contributed by atoms with Crippen LogP contribution in [0.2, 0.25) is 0 Å². The van der Waals surface area contributed by atoms with Gasteiger partial charge in [0.15, 0.2) is 0 Å². The Balaban J connectivity index is 2.89. The lowest BCUT2D eigenvalue weighted by Gasteiger charge is -2.11. The van der Waals surface area contributed by atoms with Crippen LogP contribution in [-0.2, 0) is 11.3 Å². The Labute approximate surface area is 119 Å². The summed E-state index contributed by atoms with van der Waals surface area (Å²) in [5.41, 5.74) is -0.767. The van der Waals surface area contributed by atoms with Crippen LogP contribution < -0.4 is 5.43 Å². The van der Waals surface area contributed by atoms with Crippen LogP contribution in [0.1, 0.15) is 24.2 Å². The highest BCUT2D eigenvalue weighted by Crippen LogP contribution is 2.23. The number of aromatic nitrogens is 1. The van der Waals surface area contributed by atoms with Gasteiger partial charge in [0.05, 0.1) is 17.0 Å². The van der Waals surface area contributed by atoms with E-state index in [0.717, 1.165) is 0 Å². The number of nitrogens with zero attached hydrogens (tertiary/aromatic N) is 2. The van der Waals surface area contributed by atoms with E-state index < -0.39 is 16.3 Å². The summed E-state index contributed by atoms with van der Waals surface area (Å²) in [6.07, 6.45) is 1.38. The molecule has 0 saturated heterocycles. The molecule has 21 heavy (non-hydrogen) atoms. The van der Waals surface area contributed by atoms with Gasteiger partial charge in [-0.2, -0.15) is 0 Å². The van der Waals surface area contributed by atoms with Crippen molar-refractivity contribution in [2.75, 3.05) is 6.61 Å². The SMILES string of the molecule is CCOC(=O)c1cn(CC)c2cccc([N+](=O)[O-])c2c1=O. The summed E-state index contributed by atoms with van der Waals surface area (Å²) in [4.78, 5) is 34.8. The molecule has 0 aliphatic carbocycles. The van der Waals surface area contributed by atoms with Crippen molar-refractivity contribution in [3.63, 3.8) is 0 Å². The monoisotopic (exact) mass is 290 g/mol. The summed E-state index contributed by atoms with van der Waals surface area (Å²) in [5.74, 6) is -0.773. The van der Waals surface area contributed by atoms with E-state index in [1.165, 1.54) is 18.3 Å². The molecule has 0 spiro atoms. The molecule has 0 aliphatic rings. The molecule has 0 aliphatic heterocycles. The molecule has 7 heteroatoms. The average Bonchev–Trinajstić information content (AvgIpc) is 2.47. The Morgan fingerprint density at radius 3 is 2.67 bits per heavy atom. The number of pyridine rings is 1. The zero-order chi connectivity index (χ0) is 15.6. The fourth-order valence-corrected chi connectivity index (χ4v) is 2.19. The molecule has 0 fully saturated rings. The summed E-state index contributed by atoms with van der Waals surface area (Å²) in [5, 5.41) is 11.0. The topological polar surface area (TPSA) is 91.4 Å². The van der Waals surface area contributed by atoms with E-state index in [1.54, 1.807) is 17.6 Å². The zero-order valence-electron chi connectivity index (χ0n) is 11.7. The second-order valence-electron chi connectivity index (χ2n) is 4.31. The van der Waals surface area contributed by atoms with Crippen molar-refractivity contribution in [2.24, 2.45) is 0 Å². The summed E-state index contributed by atoms with van der Waals surface area (Å²) in [6, 6.07) is 4.37. The van der Waals surface area contributed by atoms with Crippen molar-refractivity contribution in [1.29, 1.82) is 0 Å². The van der Waals surface area contributed by atoms with E-state index in [4.69, 9.17) is 4.74 Å². The molecule has 0 radical (unpaired) electrons. The van der Waals surface area contributed by atoms with E-state index in [0.29, 0.717) is 12.1 Å². The first-order valence-electron chi connectivity index (χ1n) is 6.48. The van der Waals surface area contributed by atoms with Crippen molar-refractivity contribution < 1.29 is 14.5 Å². The predicted molar refractivity (Wildman–Crippen MR) is 76.5 cm³/mol. The van der Waals surface area contributed by atoms with Gasteiger partial charge in [-0.3, -0.25) is 14.9 Å². The minimum Gasteiger partial charge on any atom is -0.462 e. The summed E-state index contributed by atoms with van der Waals surface area (Å²) >= 11 is 0. The van der Waals surface area contributed by atoms with Crippen LogP contribution in [0.4, 0.5) is 5.69 Å². The molecule has 110 valence electrons. The molecule has 0 bridgehead atoms. The second kappa shape index (κ2) is 5.74. The summed E-state index contributed by atoms with van der Waals surface area (Å²) in [7, 11) is 0. The average molecular weight is 290 g/mol. The lowest BCUT2D eigenvalue weighted by Crippen LogP contribution is -2.21. The van der Waals surface area contributed by atoms with Gasteiger partial charge in [-0.1, -0.05) is 6.07 Å². The van der Waals surface area contributed by atoms with E-state index in [1.807, 2.05) is 6.92 Å². The molecule has 0 N–H and O–H groups in total. The number of nitro groups is 1. The van der Waals surface area contributed by atoms with E-state index in [9.17, 15) is 19.7 Å². The lowest BCUT2D eigenvalue weighted by molar-refractivity contribution is -0.383. The van der Waals surface area contributed by atoms with Crippen molar-refractivity contribution in [3.8, 4) is 0 Å². The Kier molecular flexibility index (Phi) is 4.02. The van der Waals surface area contributed by atoms with Crippen LogP contribution in [-0.4, -0.2) is 22.1 Å². The number of fused-ring (bicyclic) bond motifs is 1. The summed E-state index contributed by atoms with van der Waals surface area (Å²) in [6.45, 7) is 4.03. The van der Waals surface area contributed by atoms with E-state index >= 15 is 0 Å². The molecule has 0 amide bonds. The van der Waals surface area contributed by atoms with E-state index in [2.05, 4.69) is 0 Å². The van der Waals surface area contributed by atoms with Crippen molar-refractivity contribution in [1.82, 2.24) is 4.57 Å². The molecular weight excluding hydrogens is 276 g/mol. The second-order valence-corrected chi connectivity index (χ2v) is 4.31. The first-order valence-corrected chi connectivity index (χ1v) is 6.48. The minimum atomic E-state index is -0.773. The van der Waals surface area contributed by atoms with Gasteiger partial charge in [-0.05, 0) is 19.9 Å². The van der Waals surface area contributed by atoms with Gasteiger partial charge >= 0.3 is 5.97 Å². The first-order chi connectivity index (χ1) is 10.0.